The van der Waals surface area contributed by atoms with E-state index in [0.29, 0.717) is 35.0 Å². The van der Waals surface area contributed by atoms with Gasteiger partial charge in [-0.05, 0) is 36.3 Å². The Morgan fingerprint density at radius 3 is 2.38 bits per heavy atom. The minimum Gasteiger partial charge on any atom is -0.497 e. The fourth-order valence-electron chi connectivity index (χ4n) is 2.47. The summed E-state index contributed by atoms with van der Waals surface area (Å²) in [5.41, 5.74) is 1.41. The van der Waals surface area contributed by atoms with Gasteiger partial charge in [0.1, 0.15) is 5.75 Å². The average molecular weight is 356 g/mol. The van der Waals surface area contributed by atoms with Crippen LogP contribution in [0.4, 0.5) is 0 Å². The molecule has 0 aliphatic heterocycles. The Hall–Kier alpha value is -2.95. The van der Waals surface area contributed by atoms with E-state index in [9.17, 15) is 9.90 Å². The smallest absolute Gasteiger partial charge is 0.336 e. The van der Waals surface area contributed by atoms with Crippen LogP contribution in [-0.2, 0) is 4.79 Å². The van der Waals surface area contributed by atoms with Crippen LogP contribution in [0.25, 0.3) is 11.6 Å². The SMILES string of the molecule is CCCCOc1c(/C=C(\C(=O)O)c2ccc(OC)cc2)cccc1OC. The van der Waals surface area contributed by atoms with Crippen LogP contribution in [0.2, 0.25) is 0 Å². The number of para-hydroxylation sites is 1. The zero-order valence-corrected chi connectivity index (χ0v) is 15.3. The predicted octanol–water partition coefficient (Wildman–Crippen LogP) is 4.51. The standard InChI is InChI=1S/C21H24O5/c1-4-5-13-26-20-16(7-6-8-19(20)25-3)14-18(21(22)23)15-9-11-17(24-2)12-10-15/h6-12,14H,4-5,13H2,1-3H3,(H,22,23)/b18-14-. The Labute approximate surface area is 153 Å². The number of rotatable bonds is 9. The molecular weight excluding hydrogens is 332 g/mol. The molecule has 0 fully saturated rings. The van der Waals surface area contributed by atoms with E-state index in [1.165, 1.54) is 0 Å². The van der Waals surface area contributed by atoms with Gasteiger partial charge in [0.15, 0.2) is 11.5 Å². The molecule has 0 radical (unpaired) electrons. The van der Waals surface area contributed by atoms with Gasteiger partial charge in [0.25, 0.3) is 0 Å². The summed E-state index contributed by atoms with van der Waals surface area (Å²) in [7, 11) is 3.14. The summed E-state index contributed by atoms with van der Waals surface area (Å²) in [6, 6.07) is 12.3. The van der Waals surface area contributed by atoms with Gasteiger partial charge >= 0.3 is 5.97 Å². The fraction of sp³-hybridized carbons (Fsp3) is 0.286. The van der Waals surface area contributed by atoms with Crippen LogP contribution in [0.3, 0.4) is 0 Å². The number of carbonyl (C=O) groups is 1. The van der Waals surface area contributed by atoms with E-state index in [-0.39, 0.29) is 5.57 Å². The molecule has 0 aliphatic carbocycles. The molecule has 0 atom stereocenters. The van der Waals surface area contributed by atoms with E-state index in [1.807, 2.05) is 12.1 Å². The summed E-state index contributed by atoms with van der Waals surface area (Å²) in [6.07, 6.45) is 3.52. The molecule has 0 spiro atoms. The molecule has 138 valence electrons. The fourth-order valence-corrected chi connectivity index (χ4v) is 2.47. The molecule has 2 rings (SSSR count). The number of aliphatic carboxylic acids is 1. The number of carboxylic acid groups (broad SMARTS) is 1. The number of hydrogen-bond donors (Lipinski definition) is 1. The highest BCUT2D eigenvalue weighted by Crippen LogP contribution is 2.34. The number of methoxy groups -OCH3 is 2. The minimum atomic E-state index is -1.02. The van der Waals surface area contributed by atoms with E-state index < -0.39 is 5.97 Å². The third-order valence-corrected chi connectivity index (χ3v) is 3.90. The molecular formula is C21H24O5. The maximum atomic E-state index is 11.8. The van der Waals surface area contributed by atoms with Crippen LogP contribution >= 0.6 is 0 Å². The van der Waals surface area contributed by atoms with Crippen molar-refractivity contribution in [3.8, 4) is 17.2 Å². The van der Waals surface area contributed by atoms with Crippen molar-refractivity contribution in [2.75, 3.05) is 20.8 Å². The molecule has 0 bridgehead atoms. The summed E-state index contributed by atoms with van der Waals surface area (Å²) < 4.78 is 16.4. The molecule has 1 N–H and O–H groups in total. The molecule has 2 aromatic rings. The quantitative estimate of drug-likeness (QED) is 0.407. The third kappa shape index (κ3) is 4.79. The molecule has 0 unspecified atom stereocenters. The van der Waals surface area contributed by atoms with Gasteiger partial charge in [-0.25, -0.2) is 4.79 Å². The second-order valence-corrected chi connectivity index (χ2v) is 5.67. The first-order chi connectivity index (χ1) is 12.6. The molecule has 0 aromatic heterocycles. The van der Waals surface area contributed by atoms with Gasteiger partial charge in [-0.15, -0.1) is 0 Å². The monoisotopic (exact) mass is 356 g/mol. The zero-order chi connectivity index (χ0) is 18.9. The van der Waals surface area contributed by atoms with Crippen LogP contribution in [-0.4, -0.2) is 31.9 Å². The van der Waals surface area contributed by atoms with Crippen molar-refractivity contribution >= 4 is 17.6 Å². The first-order valence-corrected chi connectivity index (χ1v) is 8.50. The molecule has 0 saturated carbocycles. The Bertz CT molecular complexity index is 762. The first-order valence-electron chi connectivity index (χ1n) is 8.50. The van der Waals surface area contributed by atoms with Gasteiger partial charge in [-0.3, -0.25) is 0 Å². The van der Waals surface area contributed by atoms with Gasteiger partial charge < -0.3 is 19.3 Å². The second kappa shape index (κ2) is 9.51. The first kappa shape index (κ1) is 19.4. The highest BCUT2D eigenvalue weighted by molar-refractivity contribution is 6.20. The number of hydrogen-bond acceptors (Lipinski definition) is 4. The van der Waals surface area contributed by atoms with E-state index in [0.717, 1.165) is 12.8 Å². The van der Waals surface area contributed by atoms with E-state index in [1.54, 1.807) is 50.6 Å². The summed E-state index contributed by atoms with van der Waals surface area (Å²) in [5.74, 6) is 0.783. The summed E-state index contributed by atoms with van der Waals surface area (Å²) in [6.45, 7) is 2.63. The molecule has 0 amide bonds. The molecule has 5 heteroatoms. The number of benzene rings is 2. The van der Waals surface area contributed by atoms with Crippen molar-refractivity contribution in [1.29, 1.82) is 0 Å². The van der Waals surface area contributed by atoms with E-state index in [4.69, 9.17) is 14.2 Å². The van der Waals surface area contributed by atoms with Crippen molar-refractivity contribution in [3.63, 3.8) is 0 Å². The van der Waals surface area contributed by atoms with E-state index in [2.05, 4.69) is 6.92 Å². The minimum absolute atomic E-state index is 0.168. The molecule has 5 nitrogen and oxygen atoms in total. The van der Waals surface area contributed by atoms with Crippen molar-refractivity contribution in [3.05, 3.63) is 53.6 Å². The second-order valence-electron chi connectivity index (χ2n) is 5.67. The Balaban J connectivity index is 2.46. The maximum absolute atomic E-state index is 11.8. The molecule has 26 heavy (non-hydrogen) atoms. The highest BCUT2D eigenvalue weighted by atomic mass is 16.5. The van der Waals surface area contributed by atoms with Gasteiger partial charge in [-0.2, -0.15) is 0 Å². The molecule has 0 saturated heterocycles. The topological polar surface area (TPSA) is 65.0 Å². The van der Waals surface area contributed by atoms with Crippen molar-refractivity contribution < 1.29 is 24.1 Å². The Morgan fingerprint density at radius 2 is 1.81 bits per heavy atom. The normalized spacial score (nSPS) is 11.1. The lowest BCUT2D eigenvalue weighted by atomic mass is 10.0. The molecule has 0 heterocycles. The lowest BCUT2D eigenvalue weighted by Gasteiger charge is -2.14. The van der Waals surface area contributed by atoms with Crippen LogP contribution < -0.4 is 14.2 Å². The van der Waals surface area contributed by atoms with Crippen LogP contribution in [0.1, 0.15) is 30.9 Å². The van der Waals surface area contributed by atoms with Crippen LogP contribution in [0, 0.1) is 0 Å². The number of ether oxygens (including phenoxy) is 3. The van der Waals surface area contributed by atoms with Gasteiger partial charge in [0.05, 0.1) is 26.4 Å². The summed E-state index contributed by atoms with van der Waals surface area (Å²) in [4.78, 5) is 11.8. The average Bonchev–Trinajstić information content (AvgIpc) is 2.66. The molecule has 2 aromatic carbocycles. The lowest BCUT2D eigenvalue weighted by molar-refractivity contribution is -0.130. The number of unbranched alkanes of at least 4 members (excludes halogenated alkanes) is 1. The predicted molar refractivity (Wildman–Crippen MR) is 102 cm³/mol. The van der Waals surface area contributed by atoms with Gasteiger partial charge in [0, 0.05) is 5.56 Å². The van der Waals surface area contributed by atoms with Gasteiger partial charge in [0.2, 0.25) is 0 Å². The Kier molecular flexibility index (Phi) is 7.09. The summed E-state index contributed by atoms with van der Waals surface area (Å²) >= 11 is 0. The third-order valence-electron chi connectivity index (χ3n) is 3.90. The maximum Gasteiger partial charge on any atom is 0.336 e. The highest BCUT2D eigenvalue weighted by Gasteiger charge is 2.15. The zero-order valence-electron chi connectivity index (χ0n) is 15.3. The molecule has 0 aliphatic rings. The van der Waals surface area contributed by atoms with Crippen LogP contribution in [0.15, 0.2) is 42.5 Å². The number of carboxylic acids is 1. The van der Waals surface area contributed by atoms with Crippen molar-refractivity contribution in [2.45, 2.75) is 19.8 Å². The largest absolute Gasteiger partial charge is 0.497 e. The van der Waals surface area contributed by atoms with Crippen LogP contribution in [0.5, 0.6) is 17.2 Å². The summed E-state index contributed by atoms with van der Waals surface area (Å²) in [5, 5.41) is 9.67. The van der Waals surface area contributed by atoms with E-state index >= 15 is 0 Å². The van der Waals surface area contributed by atoms with Crippen molar-refractivity contribution in [1.82, 2.24) is 0 Å². The Morgan fingerprint density at radius 1 is 1.08 bits per heavy atom. The van der Waals surface area contributed by atoms with Gasteiger partial charge in [-0.1, -0.05) is 37.6 Å². The van der Waals surface area contributed by atoms with Crippen molar-refractivity contribution in [2.24, 2.45) is 0 Å². The lowest BCUT2D eigenvalue weighted by Crippen LogP contribution is -2.03.